The number of carbonyl (C=O) groups is 1. The van der Waals surface area contributed by atoms with Crippen LogP contribution in [0.15, 0.2) is 48.5 Å². The lowest BCUT2D eigenvalue weighted by molar-refractivity contribution is -0.119. The number of ether oxygens (including phenoxy) is 1. The zero-order chi connectivity index (χ0) is 19.1. The topological polar surface area (TPSA) is 53.6 Å². The van der Waals surface area contributed by atoms with Crippen LogP contribution in [0.2, 0.25) is 5.02 Å². The van der Waals surface area contributed by atoms with E-state index in [1.807, 2.05) is 24.3 Å². The Morgan fingerprint density at radius 1 is 1.04 bits per heavy atom. The monoisotopic (exact) mass is 403 g/mol. The Morgan fingerprint density at radius 2 is 1.67 bits per heavy atom. The summed E-state index contributed by atoms with van der Waals surface area (Å²) >= 11 is 11.1. The number of halogens is 1. The van der Waals surface area contributed by atoms with Gasteiger partial charge >= 0.3 is 0 Å². The van der Waals surface area contributed by atoms with Crippen molar-refractivity contribution in [2.45, 2.75) is 13.0 Å². The fourth-order valence-corrected chi connectivity index (χ4v) is 3.19. The highest BCUT2D eigenvalue weighted by Gasteiger charge is 2.11. The van der Waals surface area contributed by atoms with Gasteiger partial charge in [0.25, 0.3) is 0 Å². The van der Waals surface area contributed by atoms with E-state index in [-0.39, 0.29) is 17.4 Å². The Bertz CT molecular complexity index is 775. The van der Waals surface area contributed by atoms with Gasteiger partial charge in [0, 0.05) is 30.3 Å². The molecule has 5 nitrogen and oxygen atoms in total. The Balaban J connectivity index is 1.45. The van der Waals surface area contributed by atoms with Gasteiger partial charge in [-0.25, -0.2) is 0 Å². The molecular weight excluding hydrogens is 382 g/mol. The van der Waals surface area contributed by atoms with Gasteiger partial charge in [0.05, 0.1) is 19.6 Å². The van der Waals surface area contributed by atoms with Gasteiger partial charge < -0.3 is 15.4 Å². The van der Waals surface area contributed by atoms with Crippen molar-refractivity contribution in [1.82, 2.24) is 10.2 Å². The summed E-state index contributed by atoms with van der Waals surface area (Å²) in [5.74, 6) is -0.168. The van der Waals surface area contributed by atoms with Gasteiger partial charge in [-0.1, -0.05) is 35.9 Å². The maximum Gasteiger partial charge on any atom is 0.230 e. The molecule has 1 saturated heterocycles. The molecule has 0 spiro atoms. The number of morpholine rings is 1. The van der Waals surface area contributed by atoms with E-state index in [9.17, 15) is 4.79 Å². The number of hydrogen-bond donors (Lipinski definition) is 2. The molecule has 1 aliphatic heterocycles. The van der Waals surface area contributed by atoms with E-state index in [4.69, 9.17) is 28.6 Å². The fourth-order valence-electron chi connectivity index (χ4n) is 2.83. The first-order valence-electron chi connectivity index (χ1n) is 8.83. The van der Waals surface area contributed by atoms with E-state index in [1.165, 1.54) is 5.56 Å². The molecule has 1 heterocycles. The number of benzene rings is 2. The molecule has 0 bridgehead atoms. The van der Waals surface area contributed by atoms with Crippen molar-refractivity contribution in [1.29, 1.82) is 0 Å². The van der Waals surface area contributed by atoms with Gasteiger partial charge in [-0.15, -0.1) is 0 Å². The molecule has 7 heteroatoms. The van der Waals surface area contributed by atoms with Crippen LogP contribution in [0.5, 0.6) is 0 Å². The van der Waals surface area contributed by atoms with Crippen molar-refractivity contribution < 1.29 is 9.53 Å². The summed E-state index contributed by atoms with van der Waals surface area (Å²) in [4.78, 5) is 14.5. The van der Waals surface area contributed by atoms with Crippen LogP contribution in [0.4, 0.5) is 5.69 Å². The molecule has 0 atom stereocenters. The highest BCUT2D eigenvalue weighted by molar-refractivity contribution is 7.80. The molecule has 2 N–H and O–H groups in total. The van der Waals surface area contributed by atoms with Crippen LogP contribution in [0.3, 0.4) is 0 Å². The van der Waals surface area contributed by atoms with E-state index in [0.29, 0.717) is 5.02 Å². The van der Waals surface area contributed by atoms with Crippen LogP contribution in [0.1, 0.15) is 11.1 Å². The number of nitrogens with one attached hydrogen (secondary N) is 2. The largest absolute Gasteiger partial charge is 0.379 e. The SMILES string of the molecule is O=C(Cc1ccc(Cl)cc1)NC(=S)Nc1ccc(CN2CCOCC2)cc1. The second-order valence-electron chi connectivity index (χ2n) is 6.39. The maximum absolute atomic E-state index is 12.1. The predicted octanol–water partition coefficient (Wildman–Crippen LogP) is 3.23. The van der Waals surface area contributed by atoms with Gasteiger partial charge in [-0.2, -0.15) is 0 Å². The van der Waals surface area contributed by atoms with Crippen molar-refractivity contribution in [3.63, 3.8) is 0 Å². The molecule has 3 rings (SSSR count). The zero-order valence-electron chi connectivity index (χ0n) is 14.9. The van der Waals surface area contributed by atoms with E-state index in [0.717, 1.165) is 44.1 Å². The number of hydrogen-bond acceptors (Lipinski definition) is 4. The zero-order valence-corrected chi connectivity index (χ0v) is 16.5. The van der Waals surface area contributed by atoms with Gasteiger partial charge in [-0.05, 0) is 47.6 Å². The lowest BCUT2D eigenvalue weighted by atomic mass is 10.1. The number of carbonyl (C=O) groups excluding carboxylic acids is 1. The first-order chi connectivity index (χ1) is 13.1. The van der Waals surface area contributed by atoms with Crippen molar-refractivity contribution >= 4 is 40.5 Å². The summed E-state index contributed by atoms with van der Waals surface area (Å²) in [6, 6.07) is 15.2. The van der Waals surface area contributed by atoms with Crippen molar-refractivity contribution in [2.24, 2.45) is 0 Å². The molecule has 1 fully saturated rings. The third kappa shape index (κ3) is 6.59. The Kier molecular flexibility index (Phi) is 7.18. The van der Waals surface area contributed by atoms with Gasteiger partial charge in [0.2, 0.25) is 5.91 Å². The Labute approximate surface area is 169 Å². The molecule has 0 aliphatic carbocycles. The molecule has 0 saturated carbocycles. The number of thiocarbonyl (C=S) groups is 1. The second kappa shape index (κ2) is 9.80. The number of anilines is 1. The average Bonchev–Trinajstić information content (AvgIpc) is 2.66. The van der Waals surface area contributed by atoms with E-state index < -0.39 is 0 Å². The summed E-state index contributed by atoms with van der Waals surface area (Å²) in [6.45, 7) is 4.42. The molecule has 2 aromatic rings. The summed E-state index contributed by atoms with van der Waals surface area (Å²) in [7, 11) is 0. The smallest absolute Gasteiger partial charge is 0.230 e. The van der Waals surface area contributed by atoms with E-state index in [2.05, 4.69) is 27.7 Å². The van der Waals surface area contributed by atoms with Crippen LogP contribution in [-0.2, 0) is 22.5 Å². The third-order valence-electron chi connectivity index (χ3n) is 4.25. The summed E-state index contributed by atoms with van der Waals surface area (Å²) in [6.07, 6.45) is 0.247. The molecule has 0 unspecified atom stereocenters. The van der Waals surface area contributed by atoms with Gasteiger partial charge in [0.1, 0.15) is 0 Å². The normalized spacial score (nSPS) is 14.6. The quantitative estimate of drug-likeness (QED) is 0.751. The van der Waals surface area contributed by atoms with Crippen LogP contribution in [0.25, 0.3) is 0 Å². The first kappa shape index (κ1) is 19.8. The highest BCUT2D eigenvalue weighted by atomic mass is 35.5. The molecule has 27 heavy (non-hydrogen) atoms. The Morgan fingerprint density at radius 3 is 2.33 bits per heavy atom. The van der Waals surface area contributed by atoms with Gasteiger partial charge in [0.15, 0.2) is 5.11 Å². The molecule has 0 aromatic heterocycles. The molecule has 2 aromatic carbocycles. The fraction of sp³-hybridized carbons (Fsp3) is 0.300. The minimum absolute atomic E-state index is 0.168. The van der Waals surface area contributed by atoms with Crippen LogP contribution in [0, 0.1) is 0 Å². The van der Waals surface area contributed by atoms with Gasteiger partial charge in [-0.3, -0.25) is 9.69 Å². The summed E-state index contributed by atoms with van der Waals surface area (Å²) < 4.78 is 5.37. The minimum Gasteiger partial charge on any atom is -0.379 e. The van der Waals surface area contributed by atoms with Crippen molar-refractivity contribution in [2.75, 3.05) is 31.6 Å². The predicted molar refractivity (Wildman–Crippen MR) is 112 cm³/mol. The summed E-state index contributed by atoms with van der Waals surface area (Å²) in [5, 5.41) is 6.68. The molecule has 1 aliphatic rings. The number of rotatable bonds is 5. The lowest BCUT2D eigenvalue weighted by Gasteiger charge is -2.26. The number of amides is 1. The average molecular weight is 404 g/mol. The maximum atomic E-state index is 12.1. The van der Waals surface area contributed by atoms with Crippen LogP contribution >= 0.6 is 23.8 Å². The minimum atomic E-state index is -0.168. The summed E-state index contributed by atoms with van der Waals surface area (Å²) in [5.41, 5.74) is 2.96. The molecule has 0 radical (unpaired) electrons. The Hall–Kier alpha value is -1.99. The van der Waals surface area contributed by atoms with E-state index in [1.54, 1.807) is 12.1 Å². The van der Waals surface area contributed by atoms with Crippen LogP contribution < -0.4 is 10.6 Å². The third-order valence-corrected chi connectivity index (χ3v) is 4.71. The van der Waals surface area contributed by atoms with Crippen molar-refractivity contribution in [3.05, 3.63) is 64.7 Å². The molecule has 142 valence electrons. The first-order valence-corrected chi connectivity index (χ1v) is 9.61. The van der Waals surface area contributed by atoms with E-state index >= 15 is 0 Å². The van der Waals surface area contributed by atoms with Crippen LogP contribution in [-0.4, -0.2) is 42.2 Å². The van der Waals surface area contributed by atoms with Crippen molar-refractivity contribution in [3.8, 4) is 0 Å². The highest BCUT2D eigenvalue weighted by Crippen LogP contribution is 2.13. The standard InChI is InChI=1S/C20H22ClN3O2S/c21-17-5-1-15(2-6-17)13-19(25)23-20(27)22-18-7-3-16(4-8-18)14-24-9-11-26-12-10-24/h1-8H,9-14H2,(H2,22,23,25,27). The lowest BCUT2D eigenvalue weighted by Crippen LogP contribution is -2.35. The molecular formula is C20H22ClN3O2S. The second-order valence-corrected chi connectivity index (χ2v) is 7.24. The number of nitrogens with zero attached hydrogens (tertiary/aromatic N) is 1. The molecule has 1 amide bonds.